The molecule has 5 nitrogen and oxygen atoms in total. The molecule has 1 saturated heterocycles. The zero-order chi connectivity index (χ0) is 19.3. The number of carbonyl (C=O) groups is 1. The molecule has 1 aromatic carbocycles. The van der Waals surface area contributed by atoms with E-state index in [4.69, 9.17) is 0 Å². The summed E-state index contributed by atoms with van der Waals surface area (Å²) in [5.41, 5.74) is 1.43. The van der Waals surface area contributed by atoms with Crippen LogP contribution >= 0.6 is 15.9 Å². The van der Waals surface area contributed by atoms with E-state index in [1.807, 2.05) is 0 Å². The minimum Gasteiger partial charge on any atom is -0.356 e. The van der Waals surface area contributed by atoms with E-state index in [9.17, 15) is 13.2 Å². The summed E-state index contributed by atoms with van der Waals surface area (Å²) in [5.74, 6) is -0.300. The van der Waals surface area contributed by atoms with Crippen LogP contribution in [-0.2, 0) is 14.8 Å². The monoisotopic (exact) mass is 454 g/mol. The van der Waals surface area contributed by atoms with Gasteiger partial charge in [-0.15, -0.1) is 0 Å². The van der Waals surface area contributed by atoms with Gasteiger partial charge in [0.1, 0.15) is 0 Å². The maximum atomic E-state index is 12.9. The van der Waals surface area contributed by atoms with Crippen LogP contribution in [0.1, 0.15) is 44.9 Å². The van der Waals surface area contributed by atoms with Gasteiger partial charge in [-0.05, 0) is 69.2 Å². The standard InChI is InChI=1S/C20H27BrN2O3S/c21-18-8-10-19(11-9-18)27(25,26)23-14-4-7-17(15-23)20(24)22-13-12-16-5-2-1-3-6-16/h5,8-11,17H,1-4,6-7,12-15H2,(H,22,24)/t17-/m0/s1. The average molecular weight is 455 g/mol. The molecule has 1 amide bonds. The number of halogens is 1. The first kappa shape index (κ1) is 20.6. The minimum absolute atomic E-state index is 0.0258. The minimum atomic E-state index is -3.56. The molecule has 0 unspecified atom stereocenters. The zero-order valence-electron chi connectivity index (χ0n) is 15.5. The summed E-state index contributed by atoms with van der Waals surface area (Å²) in [4.78, 5) is 12.8. The molecule has 27 heavy (non-hydrogen) atoms. The molecule has 7 heteroatoms. The van der Waals surface area contributed by atoms with Crippen molar-refractivity contribution < 1.29 is 13.2 Å². The van der Waals surface area contributed by atoms with Gasteiger partial charge in [0.25, 0.3) is 0 Å². The Morgan fingerprint density at radius 1 is 1.19 bits per heavy atom. The summed E-state index contributed by atoms with van der Waals surface area (Å²) in [5, 5.41) is 3.01. The number of amides is 1. The zero-order valence-corrected chi connectivity index (χ0v) is 17.9. The molecular formula is C20H27BrN2O3S. The summed E-state index contributed by atoms with van der Waals surface area (Å²) in [7, 11) is -3.56. The third kappa shape index (κ3) is 5.42. The van der Waals surface area contributed by atoms with Gasteiger partial charge in [0.15, 0.2) is 0 Å². The molecule has 1 fully saturated rings. The highest BCUT2D eigenvalue weighted by atomic mass is 79.9. The Kier molecular flexibility index (Phi) is 7.11. The average Bonchev–Trinajstić information content (AvgIpc) is 2.69. The quantitative estimate of drug-likeness (QED) is 0.663. The normalized spacial score (nSPS) is 21.5. The Morgan fingerprint density at radius 3 is 2.67 bits per heavy atom. The van der Waals surface area contributed by atoms with Crippen LogP contribution in [0.25, 0.3) is 0 Å². The van der Waals surface area contributed by atoms with E-state index in [-0.39, 0.29) is 23.3 Å². The van der Waals surface area contributed by atoms with Gasteiger partial charge in [-0.3, -0.25) is 4.79 Å². The predicted octanol–water partition coefficient (Wildman–Crippen LogP) is 3.86. The lowest BCUT2D eigenvalue weighted by atomic mass is 9.96. The molecule has 1 aromatic rings. The van der Waals surface area contributed by atoms with Crippen LogP contribution in [0.15, 0.2) is 45.3 Å². The molecule has 0 radical (unpaired) electrons. The van der Waals surface area contributed by atoms with Crippen molar-refractivity contribution in [2.75, 3.05) is 19.6 Å². The highest BCUT2D eigenvalue weighted by molar-refractivity contribution is 9.10. The number of hydrogen-bond acceptors (Lipinski definition) is 3. The van der Waals surface area contributed by atoms with Crippen LogP contribution in [0.3, 0.4) is 0 Å². The summed E-state index contributed by atoms with van der Waals surface area (Å²) in [6.45, 7) is 1.36. The van der Waals surface area contributed by atoms with Crippen molar-refractivity contribution in [2.24, 2.45) is 5.92 Å². The second-order valence-corrected chi connectivity index (χ2v) is 10.2. The van der Waals surface area contributed by atoms with Gasteiger partial charge in [0.05, 0.1) is 10.8 Å². The number of hydrogen-bond donors (Lipinski definition) is 1. The smallest absolute Gasteiger partial charge is 0.243 e. The van der Waals surface area contributed by atoms with E-state index >= 15 is 0 Å². The van der Waals surface area contributed by atoms with Crippen molar-refractivity contribution in [3.8, 4) is 0 Å². The van der Waals surface area contributed by atoms with E-state index in [0.717, 1.165) is 30.2 Å². The van der Waals surface area contributed by atoms with E-state index in [2.05, 4.69) is 27.3 Å². The fourth-order valence-electron chi connectivity index (χ4n) is 3.75. The molecule has 0 aromatic heterocycles. The van der Waals surface area contributed by atoms with Crippen LogP contribution in [0.4, 0.5) is 0 Å². The molecule has 3 rings (SSSR count). The molecule has 0 spiro atoms. The highest BCUT2D eigenvalue weighted by Crippen LogP contribution is 2.25. The van der Waals surface area contributed by atoms with Crippen LogP contribution < -0.4 is 5.32 Å². The van der Waals surface area contributed by atoms with E-state index in [1.165, 1.54) is 22.7 Å². The number of carbonyl (C=O) groups excluding carboxylic acids is 1. The Balaban J connectivity index is 1.55. The number of piperidine rings is 1. The first-order chi connectivity index (χ1) is 13.0. The summed E-state index contributed by atoms with van der Waals surface area (Å²) in [6.07, 6.45) is 9.43. The highest BCUT2D eigenvalue weighted by Gasteiger charge is 2.33. The summed E-state index contributed by atoms with van der Waals surface area (Å²) in [6, 6.07) is 6.64. The molecule has 0 bridgehead atoms. The van der Waals surface area contributed by atoms with Crippen molar-refractivity contribution in [2.45, 2.75) is 49.8 Å². The lowest BCUT2D eigenvalue weighted by molar-refractivity contribution is -0.126. The van der Waals surface area contributed by atoms with Crippen molar-refractivity contribution in [3.05, 3.63) is 40.4 Å². The molecule has 1 heterocycles. The van der Waals surface area contributed by atoms with Crippen molar-refractivity contribution in [3.63, 3.8) is 0 Å². The number of allylic oxidation sites excluding steroid dienone is 1. The van der Waals surface area contributed by atoms with E-state index in [1.54, 1.807) is 24.3 Å². The molecule has 1 aliphatic carbocycles. The van der Waals surface area contributed by atoms with Gasteiger partial charge in [0, 0.05) is 24.1 Å². The number of nitrogens with zero attached hydrogens (tertiary/aromatic N) is 1. The Labute approximate surface area is 170 Å². The molecule has 148 valence electrons. The Bertz CT molecular complexity index is 790. The van der Waals surface area contributed by atoms with Gasteiger partial charge in [-0.2, -0.15) is 4.31 Å². The van der Waals surface area contributed by atoms with Crippen LogP contribution in [0, 0.1) is 5.92 Å². The Hall–Kier alpha value is -1.18. The number of nitrogens with one attached hydrogen (secondary N) is 1. The lowest BCUT2D eigenvalue weighted by Gasteiger charge is -2.31. The molecule has 1 N–H and O–H groups in total. The first-order valence-electron chi connectivity index (χ1n) is 9.68. The van der Waals surface area contributed by atoms with Crippen LogP contribution in [0.2, 0.25) is 0 Å². The van der Waals surface area contributed by atoms with Crippen molar-refractivity contribution in [1.82, 2.24) is 9.62 Å². The fraction of sp³-hybridized carbons (Fsp3) is 0.550. The van der Waals surface area contributed by atoms with E-state index in [0.29, 0.717) is 19.5 Å². The number of rotatable bonds is 6. The van der Waals surface area contributed by atoms with Gasteiger partial charge in [0.2, 0.25) is 15.9 Å². The molecule has 0 saturated carbocycles. The van der Waals surface area contributed by atoms with Crippen LogP contribution in [-0.4, -0.2) is 38.3 Å². The fourth-order valence-corrected chi connectivity index (χ4v) is 5.54. The van der Waals surface area contributed by atoms with Crippen molar-refractivity contribution in [1.29, 1.82) is 0 Å². The summed E-state index contributed by atoms with van der Waals surface area (Å²) < 4.78 is 28.0. The summed E-state index contributed by atoms with van der Waals surface area (Å²) >= 11 is 3.32. The van der Waals surface area contributed by atoms with Gasteiger partial charge < -0.3 is 5.32 Å². The molecule has 1 aliphatic heterocycles. The topological polar surface area (TPSA) is 66.5 Å². The Morgan fingerprint density at radius 2 is 1.96 bits per heavy atom. The molecule has 1 atom stereocenters. The van der Waals surface area contributed by atoms with Crippen molar-refractivity contribution >= 4 is 31.9 Å². The third-order valence-corrected chi connectivity index (χ3v) is 7.74. The predicted molar refractivity (Wildman–Crippen MR) is 110 cm³/mol. The number of sulfonamides is 1. The largest absolute Gasteiger partial charge is 0.356 e. The maximum absolute atomic E-state index is 12.9. The lowest BCUT2D eigenvalue weighted by Crippen LogP contribution is -2.45. The SMILES string of the molecule is O=C(NCCC1=CCCCC1)[C@H]1CCCN(S(=O)(=O)c2ccc(Br)cc2)C1. The third-order valence-electron chi connectivity index (χ3n) is 5.34. The van der Waals surface area contributed by atoms with Gasteiger partial charge >= 0.3 is 0 Å². The van der Waals surface area contributed by atoms with E-state index < -0.39 is 10.0 Å². The second kappa shape index (κ2) is 9.34. The first-order valence-corrected chi connectivity index (χ1v) is 11.9. The molecular weight excluding hydrogens is 428 g/mol. The number of benzene rings is 1. The molecule has 2 aliphatic rings. The van der Waals surface area contributed by atoms with Crippen LogP contribution in [0.5, 0.6) is 0 Å². The van der Waals surface area contributed by atoms with Gasteiger partial charge in [-0.1, -0.05) is 27.6 Å². The maximum Gasteiger partial charge on any atom is 0.243 e. The second-order valence-electron chi connectivity index (χ2n) is 7.31. The van der Waals surface area contributed by atoms with Gasteiger partial charge in [-0.25, -0.2) is 8.42 Å².